The molecule has 1 amide bonds. The summed E-state index contributed by atoms with van der Waals surface area (Å²) in [4.78, 5) is 14.9. The summed E-state index contributed by atoms with van der Waals surface area (Å²) in [7, 11) is 0. The predicted molar refractivity (Wildman–Crippen MR) is 88.9 cm³/mol. The van der Waals surface area contributed by atoms with Crippen LogP contribution in [0.5, 0.6) is 0 Å². The van der Waals surface area contributed by atoms with E-state index in [0.717, 1.165) is 58.8 Å². The highest BCUT2D eigenvalue weighted by Crippen LogP contribution is 2.20. The van der Waals surface area contributed by atoms with E-state index in [1.54, 1.807) is 0 Å². The van der Waals surface area contributed by atoms with Gasteiger partial charge in [-0.15, -0.1) is 0 Å². The van der Waals surface area contributed by atoms with E-state index < -0.39 is 0 Å². The Labute approximate surface area is 135 Å². The molecule has 2 heterocycles. The van der Waals surface area contributed by atoms with Gasteiger partial charge in [0.2, 0.25) is 5.91 Å². The second-order valence-corrected chi connectivity index (χ2v) is 6.56. The van der Waals surface area contributed by atoms with Crippen LogP contribution in [0, 0.1) is 11.8 Å². The van der Waals surface area contributed by atoms with Gasteiger partial charge in [0.05, 0.1) is 13.2 Å². The number of hydrogen-bond acceptors (Lipinski definition) is 4. The van der Waals surface area contributed by atoms with Crippen LogP contribution in [0.3, 0.4) is 0 Å². The average molecular weight is 311 g/mol. The Kier molecular flexibility index (Phi) is 7.63. The number of nitrogens with zero attached hydrogens (tertiary/aromatic N) is 1. The lowest BCUT2D eigenvalue weighted by molar-refractivity contribution is -0.126. The lowest BCUT2D eigenvalue weighted by Gasteiger charge is -2.39. The second-order valence-electron chi connectivity index (χ2n) is 6.56. The van der Waals surface area contributed by atoms with Gasteiger partial charge in [0.1, 0.15) is 0 Å². The highest BCUT2D eigenvalue weighted by molar-refractivity contribution is 5.78. The van der Waals surface area contributed by atoms with Crippen LogP contribution in [0.15, 0.2) is 0 Å². The van der Waals surface area contributed by atoms with E-state index in [1.165, 1.54) is 12.8 Å². The molecular formula is C17H33N3O2. The molecule has 1 atom stereocenters. The Bertz CT molecular complexity index is 322. The van der Waals surface area contributed by atoms with Gasteiger partial charge in [0.25, 0.3) is 0 Å². The summed E-state index contributed by atoms with van der Waals surface area (Å²) in [6, 6.07) is 0.449. The van der Waals surface area contributed by atoms with Gasteiger partial charge in [-0.25, -0.2) is 0 Å². The molecule has 0 aromatic rings. The van der Waals surface area contributed by atoms with E-state index in [9.17, 15) is 4.79 Å². The van der Waals surface area contributed by atoms with Crippen molar-refractivity contribution in [2.75, 3.05) is 45.9 Å². The molecule has 5 heteroatoms. The molecule has 0 aromatic heterocycles. The summed E-state index contributed by atoms with van der Waals surface area (Å²) in [5.41, 5.74) is 0. The molecule has 2 N–H and O–H groups in total. The number of morpholine rings is 1. The quantitative estimate of drug-likeness (QED) is 0.743. The summed E-state index contributed by atoms with van der Waals surface area (Å²) in [5.74, 6) is 1.10. The first-order chi connectivity index (χ1) is 10.8. The smallest absolute Gasteiger partial charge is 0.223 e. The highest BCUT2D eigenvalue weighted by atomic mass is 16.5. The number of amides is 1. The van der Waals surface area contributed by atoms with Crippen molar-refractivity contribution in [3.05, 3.63) is 0 Å². The van der Waals surface area contributed by atoms with Gasteiger partial charge in [-0.05, 0) is 31.8 Å². The number of carbonyl (C=O) groups is 1. The van der Waals surface area contributed by atoms with Crippen LogP contribution in [0.25, 0.3) is 0 Å². The summed E-state index contributed by atoms with van der Waals surface area (Å²) >= 11 is 0. The Morgan fingerprint density at radius 1 is 1.23 bits per heavy atom. The fraction of sp³-hybridized carbons (Fsp3) is 0.941. The molecule has 2 rings (SSSR count). The van der Waals surface area contributed by atoms with Crippen LogP contribution in [-0.4, -0.2) is 62.8 Å². The Morgan fingerprint density at radius 3 is 2.45 bits per heavy atom. The van der Waals surface area contributed by atoms with E-state index in [0.29, 0.717) is 12.0 Å². The third kappa shape index (κ3) is 4.93. The average Bonchev–Trinajstić information content (AvgIpc) is 2.60. The largest absolute Gasteiger partial charge is 0.379 e. The van der Waals surface area contributed by atoms with Crippen LogP contribution < -0.4 is 10.6 Å². The van der Waals surface area contributed by atoms with Crippen molar-refractivity contribution < 1.29 is 9.53 Å². The SMILES string of the molecule is CCC(CC)C(CNC(=O)C1CCNCC1)N1CCOCC1. The van der Waals surface area contributed by atoms with Crippen LogP contribution in [0.2, 0.25) is 0 Å². The Balaban J connectivity index is 1.88. The fourth-order valence-corrected chi connectivity index (χ4v) is 3.77. The van der Waals surface area contributed by atoms with Crippen molar-refractivity contribution in [1.29, 1.82) is 0 Å². The molecule has 0 aliphatic carbocycles. The molecule has 2 fully saturated rings. The van der Waals surface area contributed by atoms with Crippen molar-refractivity contribution in [1.82, 2.24) is 15.5 Å². The molecule has 0 bridgehead atoms. The van der Waals surface area contributed by atoms with Crippen LogP contribution in [-0.2, 0) is 9.53 Å². The number of ether oxygens (including phenoxy) is 1. The number of piperidine rings is 1. The fourth-order valence-electron chi connectivity index (χ4n) is 3.77. The Morgan fingerprint density at radius 2 is 1.86 bits per heavy atom. The maximum atomic E-state index is 12.4. The molecule has 0 spiro atoms. The van der Waals surface area contributed by atoms with Gasteiger partial charge in [0, 0.05) is 31.6 Å². The van der Waals surface area contributed by atoms with Gasteiger partial charge in [-0.1, -0.05) is 26.7 Å². The number of nitrogens with one attached hydrogen (secondary N) is 2. The first-order valence-electron chi connectivity index (χ1n) is 9.06. The molecule has 128 valence electrons. The van der Waals surface area contributed by atoms with Gasteiger partial charge >= 0.3 is 0 Å². The summed E-state index contributed by atoms with van der Waals surface area (Å²) in [5, 5.41) is 6.57. The third-order valence-electron chi connectivity index (χ3n) is 5.30. The number of rotatable bonds is 7. The maximum absolute atomic E-state index is 12.4. The van der Waals surface area contributed by atoms with Gasteiger partial charge in [0.15, 0.2) is 0 Å². The number of carbonyl (C=O) groups excluding carboxylic acids is 1. The minimum absolute atomic E-state index is 0.202. The first kappa shape index (κ1) is 17.7. The molecule has 0 aromatic carbocycles. The molecule has 0 saturated carbocycles. The van der Waals surface area contributed by atoms with Crippen molar-refractivity contribution >= 4 is 5.91 Å². The maximum Gasteiger partial charge on any atom is 0.223 e. The van der Waals surface area contributed by atoms with E-state index in [2.05, 4.69) is 29.4 Å². The van der Waals surface area contributed by atoms with Crippen LogP contribution >= 0.6 is 0 Å². The van der Waals surface area contributed by atoms with Gasteiger partial charge < -0.3 is 15.4 Å². The third-order valence-corrected chi connectivity index (χ3v) is 5.30. The lowest BCUT2D eigenvalue weighted by atomic mass is 9.91. The normalized spacial score (nSPS) is 22.7. The van der Waals surface area contributed by atoms with E-state index in [4.69, 9.17) is 4.74 Å². The molecule has 2 saturated heterocycles. The topological polar surface area (TPSA) is 53.6 Å². The van der Waals surface area contributed by atoms with Crippen molar-refractivity contribution in [3.8, 4) is 0 Å². The van der Waals surface area contributed by atoms with Crippen LogP contribution in [0.1, 0.15) is 39.5 Å². The first-order valence-corrected chi connectivity index (χ1v) is 9.06. The summed E-state index contributed by atoms with van der Waals surface area (Å²) < 4.78 is 5.48. The van der Waals surface area contributed by atoms with E-state index in [-0.39, 0.29) is 11.8 Å². The minimum Gasteiger partial charge on any atom is -0.379 e. The zero-order valence-corrected chi connectivity index (χ0v) is 14.3. The molecule has 0 radical (unpaired) electrons. The van der Waals surface area contributed by atoms with Gasteiger partial charge in [-0.3, -0.25) is 9.69 Å². The van der Waals surface area contributed by atoms with Crippen LogP contribution in [0.4, 0.5) is 0 Å². The zero-order valence-electron chi connectivity index (χ0n) is 14.3. The number of hydrogen-bond donors (Lipinski definition) is 2. The van der Waals surface area contributed by atoms with E-state index >= 15 is 0 Å². The van der Waals surface area contributed by atoms with Crippen molar-refractivity contribution in [2.24, 2.45) is 11.8 Å². The molecule has 1 unspecified atom stereocenters. The Hall–Kier alpha value is -0.650. The van der Waals surface area contributed by atoms with E-state index in [1.807, 2.05) is 0 Å². The molecule has 2 aliphatic rings. The highest BCUT2D eigenvalue weighted by Gasteiger charge is 2.28. The summed E-state index contributed by atoms with van der Waals surface area (Å²) in [6.07, 6.45) is 4.28. The zero-order chi connectivity index (χ0) is 15.8. The summed E-state index contributed by atoms with van der Waals surface area (Å²) in [6.45, 7) is 10.9. The minimum atomic E-state index is 0.202. The predicted octanol–water partition coefficient (Wildman–Crippen LogP) is 1.24. The molecular weight excluding hydrogens is 278 g/mol. The molecule has 5 nitrogen and oxygen atoms in total. The monoisotopic (exact) mass is 311 g/mol. The lowest BCUT2D eigenvalue weighted by Crippen LogP contribution is -2.52. The van der Waals surface area contributed by atoms with Crippen molar-refractivity contribution in [2.45, 2.75) is 45.6 Å². The van der Waals surface area contributed by atoms with Crippen molar-refractivity contribution in [3.63, 3.8) is 0 Å². The standard InChI is InChI=1S/C17H33N3O2/c1-3-14(4-2)16(20-9-11-22-12-10-20)13-19-17(21)15-5-7-18-8-6-15/h14-16,18H,3-13H2,1-2H3,(H,19,21). The van der Waals surface area contributed by atoms with Gasteiger partial charge in [-0.2, -0.15) is 0 Å². The molecule has 2 aliphatic heterocycles. The second kappa shape index (κ2) is 9.48. The molecule has 22 heavy (non-hydrogen) atoms.